The molecule has 1 aromatic heterocycles. The predicted octanol–water partition coefficient (Wildman–Crippen LogP) is 4.64. The van der Waals surface area contributed by atoms with Crippen LogP contribution in [0.3, 0.4) is 0 Å². The van der Waals surface area contributed by atoms with Crippen molar-refractivity contribution in [2.75, 3.05) is 37.1 Å². The Labute approximate surface area is 296 Å². The second-order valence-corrected chi connectivity index (χ2v) is 14.9. The quantitative estimate of drug-likeness (QED) is 0.0813. The average Bonchev–Trinajstić information content (AvgIpc) is 3.11. The van der Waals surface area contributed by atoms with E-state index in [1.54, 1.807) is 6.07 Å². The van der Waals surface area contributed by atoms with Crippen LogP contribution in [0.2, 0.25) is 0 Å². The van der Waals surface area contributed by atoms with E-state index < -0.39 is 52.2 Å². The number of hydrogen-bond donors (Lipinski definition) is 5. The highest BCUT2D eigenvalue weighted by Gasteiger charge is 2.35. The number of anilines is 2. The average molecular weight is 722 g/mol. The third kappa shape index (κ3) is 9.75. The molecule has 14 heteroatoms. The van der Waals surface area contributed by atoms with Crippen molar-refractivity contribution in [3.63, 3.8) is 0 Å². The van der Waals surface area contributed by atoms with Crippen LogP contribution < -0.4 is 21.9 Å². The Morgan fingerprint density at radius 3 is 2.10 bits per heavy atom. The van der Waals surface area contributed by atoms with Gasteiger partial charge in [0, 0.05) is 35.0 Å². The number of benzene rings is 3. The van der Waals surface area contributed by atoms with Gasteiger partial charge in [0.15, 0.2) is 0 Å². The number of nitrogens with zero attached hydrogens (tertiary/aromatic N) is 1. The lowest BCUT2D eigenvalue weighted by Crippen LogP contribution is -2.48. The number of aliphatic hydroxyl groups is 1. The first-order chi connectivity index (χ1) is 24.0. The molecular formula is C36H43N5O7S2. The highest BCUT2D eigenvalue weighted by atomic mass is 32.2. The highest BCUT2D eigenvalue weighted by molar-refractivity contribution is 7.99. The van der Waals surface area contributed by atoms with Crippen molar-refractivity contribution in [2.45, 2.75) is 48.1 Å². The molecule has 0 aliphatic rings. The summed E-state index contributed by atoms with van der Waals surface area (Å²) in [6.45, 7) is 3.61. The van der Waals surface area contributed by atoms with Crippen molar-refractivity contribution in [1.29, 1.82) is 0 Å². The molecule has 1 heterocycles. The zero-order chi connectivity index (χ0) is 36.3. The van der Waals surface area contributed by atoms with Crippen molar-refractivity contribution in [3.8, 4) is 0 Å². The number of carbonyl (C=O) groups is 2. The van der Waals surface area contributed by atoms with Gasteiger partial charge in [-0.3, -0.25) is 9.59 Å². The van der Waals surface area contributed by atoms with Gasteiger partial charge in [0.05, 0.1) is 24.7 Å². The van der Waals surface area contributed by atoms with Crippen LogP contribution in [-0.2, 0) is 19.6 Å². The normalized spacial score (nSPS) is 12.9. The number of thioether (sulfide) groups is 1. The summed E-state index contributed by atoms with van der Waals surface area (Å²) in [5.74, 6) is -1.12. The summed E-state index contributed by atoms with van der Waals surface area (Å²) in [6, 6.07) is 23.7. The lowest BCUT2D eigenvalue weighted by molar-refractivity contribution is -0.118. The maximum absolute atomic E-state index is 14.1. The molecule has 3 aromatic carbocycles. The number of H-pyrrole nitrogens is 1. The predicted molar refractivity (Wildman–Crippen MR) is 196 cm³/mol. The second-order valence-electron chi connectivity index (χ2n) is 12.0. The largest absolute Gasteiger partial charge is 0.453 e. The molecule has 2 atom stereocenters. The number of hydrogen-bond acceptors (Lipinski definition) is 9. The first-order valence-corrected chi connectivity index (χ1v) is 18.5. The summed E-state index contributed by atoms with van der Waals surface area (Å²) >= 11 is 1.11. The molecule has 0 aliphatic carbocycles. The zero-order valence-corrected chi connectivity index (χ0v) is 29.7. The van der Waals surface area contributed by atoms with Gasteiger partial charge in [-0.2, -0.15) is 4.31 Å². The fourth-order valence-corrected chi connectivity index (χ4v) is 8.19. The molecule has 12 nitrogen and oxygen atoms in total. The maximum Gasteiger partial charge on any atom is 0.407 e. The Kier molecular flexibility index (Phi) is 13.6. The van der Waals surface area contributed by atoms with Crippen LogP contribution in [0.1, 0.15) is 37.3 Å². The number of carbonyl (C=O) groups excluding carboxylic acids is 2. The molecule has 0 bridgehead atoms. The summed E-state index contributed by atoms with van der Waals surface area (Å²) < 4.78 is 33.8. The van der Waals surface area contributed by atoms with Gasteiger partial charge in [-0.1, -0.05) is 74.5 Å². The van der Waals surface area contributed by atoms with Crippen LogP contribution in [0.5, 0.6) is 0 Å². The number of sulfonamides is 1. The third-order valence-electron chi connectivity index (χ3n) is 8.03. The first-order valence-electron chi connectivity index (χ1n) is 16.0. The molecule has 266 valence electrons. The second kappa shape index (κ2) is 17.9. The SMILES string of the molecule is COC(=O)N[C@H](C(=O)Nc1c(SC[C@@H](CO)N(CCC(C)C)S(=O)(=O)c2ccc(N)cc2)cc[nH]c1=O)C(c1ccccc1)c1ccccc1. The Morgan fingerprint density at radius 1 is 0.960 bits per heavy atom. The minimum atomic E-state index is -4.04. The molecule has 4 rings (SSSR count). The van der Waals surface area contributed by atoms with Crippen LogP contribution in [-0.4, -0.2) is 72.9 Å². The Hall–Kier alpha value is -4.63. The minimum absolute atomic E-state index is 0.0403. The van der Waals surface area contributed by atoms with E-state index in [4.69, 9.17) is 10.5 Å². The first kappa shape index (κ1) is 38.2. The van der Waals surface area contributed by atoms with Crippen molar-refractivity contribution in [3.05, 3.63) is 119 Å². The number of aliphatic hydroxyl groups excluding tert-OH is 1. The fourth-order valence-electron chi connectivity index (χ4n) is 5.36. The topological polar surface area (TPSA) is 184 Å². The van der Waals surface area contributed by atoms with E-state index >= 15 is 0 Å². The summed E-state index contributed by atoms with van der Waals surface area (Å²) in [5.41, 5.74) is 6.98. The van der Waals surface area contributed by atoms with E-state index in [0.717, 1.165) is 22.9 Å². The van der Waals surface area contributed by atoms with Gasteiger partial charge in [0.2, 0.25) is 15.9 Å². The van der Waals surface area contributed by atoms with Gasteiger partial charge in [-0.15, -0.1) is 11.8 Å². The summed E-state index contributed by atoms with van der Waals surface area (Å²) in [6.07, 6.45) is 1.12. The molecule has 6 N–H and O–H groups in total. The molecule has 2 amide bonds. The van der Waals surface area contributed by atoms with Gasteiger partial charge in [0.25, 0.3) is 5.56 Å². The van der Waals surface area contributed by atoms with Gasteiger partial charge in [0.1, 0.15) is 11.7 Å². The molecule has 50 heavy (non-hydrogen) atoms. The van der Waals surface area contributed by atoms with Crippen LogP contribution in [0.15, 0.2) is 112 Å². The molecule has 0 saturated heterocycles. The minimum Gasteiger partial charge on any atom is -0.453 e. The van der Waals surface area contributed by atoms with Crippen LogP contribution >= 0.6 is 11.8 Å². The number of amides is 2. The van der Waals surface area contributed by atoms with Crippen LogP contribution in [0.25, 0.3) is 0 Å². The number of rotatable bonds is 16. The molecule has 0 saturated carbocycles. The molecule has 0 unspecified atom stereocenters. The van der Waals surface area contributed by atoms with E-state index in [9.17, 15) is 27.9 Å². The lowest BCUT2D eigenvalue weighted by atomic mass is 9.84. The summed E-state index contributed by atoms with van der Waals surface area (Å²) in [5, 5.41) is 15.9. The van der Waals surface area contributed by atoms with Gasteiger partial charge in [-0.05, 0) is 53.8 Å². The molecule has 4 aromatic rings. The van der Waals surface area contributed by atoms with E-state index in [1.165, 1.54) is 41.9 Å². The van der Waals surface area contributed by atoms with E-state index in [-0.39, 0.29) is 28.8 Å². The van der Waals surface area contributed by atoms with Crippen molar-refractivity contribution in [1.82, 2.24) is 14.6 Å². The monoisotopic (exact) mass is 721 g/mol. The Morgan fingerprint density at radius 2 is 1.56 bits per heavy atom. The van der Waals surface area contributed by atoms with E-state index in [0.29, 0.717) is 17.0 Å². The number of ether oxygens (including phenoxy) is 1. The summed E-state index contributed by atoms with van der Waals surface area (Å²) in [7, 11) is -2.85. The van der Waals surface area contributed by atoms with Crippen LogP contribution in [0.4, 0.5) is 16.2 Å². The molecule has 0 spiro atoms. The summed E-state index contributed by atoms with van der Waals surface area (Å²) in [4.78, 5) is 42.9. The maximum atomic E-state index is 14.1. The van der Waals surface area contributed by atoms with Gasteiger partial charge < -0.3 is 31.2 Å². The van der Waals surface area contributed by atoms with Gasteiger partial charge >= 0.3 is 6.09 Å². The van der Waals surface area contributed by atoms with Gasteiger partial charge in [-0.25, -0.2) is 13.2 Å². The Balaban J connectivity index is 1.66. The molecular weight excluding hydrogens is 679 g/mol. The number of nitrogen functional groups attached to an aromatic ring is 1. The van der Waals surface area contributed by atoms with Crippen molar-refractivity contribution in [2.24, 2.45) is 5.92 Å². The van der Waals surface area contributed by atoms with E-state index in [2.05, 4.69) is 15.6 Å². The fraction of sp³-hybridized carbons (Fsp3) is 0.306. The smallest absolute Gasteiger partial charge is 0.407 e. The number of aromatic amines is 1. The standard InChI is InChI=1S/C36H43N5O7S2/c1-24(2)19-21-41(50(46,47)29-16-14-27(37)15-17-29)28(22-42)23-49-30-18-20-38-34(43)32(30)39-35(44)33(40-36(45)48-3)31(25-10-6-4-7-11-25)26-12-8-5-9-13-26/h4-18,20,24,28,31,33,42H,19,21-23,37H2,1-3H3,(H,38,43)(H,39,44)(H,40,45)/t28-,33+/m1/s1. The molecule has 0 radical (unpaired) electrons. The molecule has 0 fully saturated rings. The van der Waals surface area contributed by atoms with Crippen LogP contribution in [0, 0.1) is 5.92 Å². The highest BCUT2D eigenvalue weighted by Crippen LogP contribution is 2.31. The number of aromatic nitrogens is 1. The number of nitrogens with one attached hydrogen (secondary N) is 3. The van der Waals surface area contributed by atoms with Crippen molar-refractivity contribution < 1.29 is 27.9 Å². The lowest BCUT2D eigenvalue weighted by Gasteiger charge is -2.30. The number of alkyl carbamates (subject to hydrolysis) is 1. The Bertz CT molecular complexity index is 1830. The van der Waals surface area contributed by atoms with Crippen molar-refractivity contribution >= 4 is 45.2 Å². The number of nitrogens with two attached hydrogens (primary N) is 1. The number of methoxy groups -OCH3 is 1. The number of pyridine rings is 1. The van der Waals surface area contributed by atoms with E-state index in [1.807, 2.05) is 74.5 Å². The zero-order valence-electron chi connectivity index (χ0n) is 28.1. The molecule has 0 aliphatic heterocycles. The third-order valence-corrected chi connectivity index (χ3v) is 11.2.